The zero-order valence-corrected chi connectivity index (χ0v) is 15.5. The van der Waals surface area contributed by atoms with Gasteiger partial charge in [0, 0.05) is 31.1 Å². The molecule has 1 atom stereocenters. The highest BCUT2D eigenvalue weighted by Crippen LogP contribution is 2.34. The Morgan fingerprint density at radius 3 is 2.96 bits per heavy atom. The normalized spacial score (nSPS) is 17.2. The Morgan fingerprint density at radius 2 is 2.25 bits per heavy atom. The number of rotatable bonds is 4. The van der Waals surface area contributed by atoms with Crippen LogP contribution in [0.2, 0.25) is 5.02 Å². The lowest BCUT2D eigenvalue weighted by molar-refractivity contribution is 0.153. The van der Waals surface area contributed by atoms with Gasteiger partial charge in [-0.25, -0.2) is 9.78 Å². The van der Waals surface area contributed by atoms with Crippen molar-refractivity contribution >= 4 is 39.2 Å². The molecule has 0 aliphatic carbocycles. The molecule has 0 bridgehead atoms. The smallest absolute Gasteiger partial charge is 0.317 e. The molecule has 2 heterocycles. The average molecular weight is 368 g/mol. The molecule has 5 nitrogen and oxygen atoms in total. The van der Waals surface area contributed by atoms with Crippen LogP contribution in [0.15, 0.2) is 18.2 Å². The monoisotopic (exact) mass is 367 g/mol. The van der Waals surface area contributed by atoms with Gasteiger partial charge >= 0.3 is 6.03 Å². The molecule has 1 aromatic carbocycles. The van der Waals surface area contributed by atoms with E-state index in [0.29, 0.717) is 12.5 Å². The van der Waals surface area contributed by atoms with Crippen LogP contribution in [-0.4, -0.2) is 48.8 Å². The molecule has 2 amide bonds. The number of urea groups is 1. The highest BCUT2D eigenvalue weighted by molar-refractivity contribution is 7.18. The van der Waals surface area contributed by atoms with Crippen LogP contribution in [0.4, 0.5) is 4.79 Å². The number of carbonyl (C=O) groups excluding carboxylic acids is 1. The Labute approximate surface area is 151 Å². The molecular formula is C17H22ClN3O2S. The fraction of sp³-hybridized carbons (Fsp3) is 0.529. The van der Waals surface area contributed by atoms with Crippen LogP contribution in [0.5, 0.6) is 0 Å². The molecule has 1 aromatic heterocycles. The summed E-state index contributed by atoms with van der Waals surface area (Å²) in [4.78, 5) is 18.9. The van der Waals surface area contributed by atoms with E-state index in [1.807, 2.05) is 30.0 Å². The van der Waals surface area contributed by atoms with E-state index in [-0.39, 0.29) is 12.1 Å². The summed E-state index contributed by atoms with van der Waals surface area (Å²) in [6.45, 7) is 3.98. The van der Waals surface area contributed by atoms with E-state index in [1.165, 1.54) is 4.70 Å². The maximum absolute atomic E-state index is 12.2. The van der Waals surface area contributed by atoms with Crippen molar-refractivity contribution in [3.63, 3.8) is 0 Å². The van der Waals surface area contributed by atoms with E-state index in [9.17, 15) is 4.79 Å². The number of nitrogens with zero attached hydrogens (tertiary/aromatic N) is 2. The standard InChI is InChI=1S/C17H22ClN3O2S/c1-11(10-23-2)19-17(22)21-7-5-12(6-8-21)16-20-14-9-13(18)3-4-15(14)24-16/h3-4,9,11-12H,5-8,10H2,1-2H3,(H,19,22). The number of thiazole rings is 1. The van der Waals surface area contributed by atoms with Gasteiger partial charge in [0.2, 0.25) is 0 Å². The number of amides is 2. The third-order valence-corrected chi connectivity index (χ3v) is 5.72. The lowest BCUT2D eigenvalue weighted by Crippen LogP contribution is -2.47. The largest absolute Gasteiger partial charge is 0.383 e. The first-order valence-corrected chi connectivity index (χ1v) is 9.36. The van der Waals surface area contributed by atoms with Crippen molar-refractivity contribution in [3.8, 4) is 0 Å². The minimum Gasteiger partial charge on any atom is -0.383 e. The molecule has 24 heavy (non-hydrogen) atoms. The van der Waals surface area contributed by atoms with Gasteiger partial charge in [0.15, 0.2) is 0 Å². The Balaban J connectivity index is 1.58. The number of halogens is 1. The summed E-state index contributed by atoms with van der Waals surface area (Å²) in [6, 6.07) is 5.86. The van der Waals surface area contributed by atoms with E-state index in [2.05, 4.69) is 5.32 Å². The summed E-state index contributed by atoms with van der Waals surface area (Å²) in [5.74, 6) is 0.418. The van der Waals surface area contributed by atoms with Crippen molar-refractivity contribution < 1.29 is 9.53 Å². The minimum absolute atomic E-state index is 0.00548. The number of hydrogen-bond donors (Lipinski definition) is 1. The second kappa shape index (κ2) is 7.68. The molecule has 1 aliphatic rings. The maximum atomic E-state index is 12.2. The number of nitrogens with one attached hydrogen (secondary N) is 1. The van der Waals surface area contributed by atoms with Gasteiger partial charge in [-0.05, 0) is 38.0 Å². The van der Waals surface area contributed by atoms with Gasteiger partial charge in [-0.3, -0.25) is 0 Å². The van der Waals surface area contributed by atoms with Gasteiger partial charge in [0.25, 0.3) is 0 Å². The number of methoxy groups -OCH3 is 1. The second-order valence-corrected chi connectivity index (χ2v) is 7.73. The third kappa shape index (κ3) is 3.99. The van der Waals surface area contributed by atoms with Crippen LogP contribution in [0.25, 0.3) is 10.2 Å². The molecule has 1 aliphatic heterocycles. The summed E-state index contributed by atoms with van der Waals surface area (Å²) in [6.07, 6.45) is 1.89. The summed E-state index contributed by atoms with van der Waals surface area (Å²) in [5, 5.41) is 4.84. The van der Waals surface area contributed by atoms with Crippen LogP contribution in [0.3, 0.4) is 0 Å². The zero-order valence-electron chi connectivity index (χ0n) is 13.9. The summed E-state index contributed by atoms with van der Waals surface area (Å²) in [5.41, 5.74) is 0.969. The fourth-order valence-corrected chi connectivity index (χ4v) is 4.30. The van der Waals surface area contributed by atoms with Crippen molar-refractivity contribution in [1.82, 2.24) is 15.2 Å². The molecule has 7 heteroatoms. The number of carbonyl (C=O) groups is 1. The Hall–Kier alpha value is -1.37. The van der Waals surface area contributed by atoms with Crippen molar-refractivity contribution in [2.24, 2.45) is 0 Å². The van der Waals surface area contributed by atoms with Crippen LogP contribution >= 0.6 is 22.9 Å². The summed E-state index contributed by atoms with van der Waals surface area (Å²) in [7, 11) is 1.64. The first-order valence-electron chi connectivity index (χ1n) is 8.17. The number of likely N-dealkylation sites (tertiary alicyclic amines) is 1. The number of benzene rings is 1. The highest BCUT2D eigenvalue weighted by Gasteiger charge is 2.26. The molecule has 1 unspecified atom stereocenters. The lowest BCUT2D eigenvalue weighted by atomic mass is 9.98. The number of ether oxygens (including phenoxy) is 1. The van der Waals surface area contributed by atoms with E-state index in [4.69, 9.17) is 21.3 Å². The maximum Gasteiger partial charge on any atom is 0.317 e. The second-order valence-electron chi connectivity index (χ2n) is 6.23. The molecule has 1 saturated heterocycles. The molecule has 3 rings (SSSR count). The van der Waals surface area contributed by atoms with Gasteiger partial charge in [-0.1, -0.05) is 11.6 Å². The first-order chi connectivity index (χ1) is 11.6. The molecule has 2 aromatic rings. The van der Waals surface area contributed by atoms with Gasteiger partial charge in [0.1, 0.15) is 0 Å². The average Bonchev–Trinajstić information content (AvgIpc) is 2.98. The predicted octanol–water partition coefficient (Wildman–Crippen LogP) is 3.87. The van der Waals surface area contributed by atoms with Crippen molar-refractivity contribution in [3.05, 3.63) is 28.2 Å². The predicted molar refractivity (Wildman–Crippen MR) is 98.0 cm³/mol. The molecule has 1 fully saturated rings. The number of fused-ring (bicyclic) bond motifs is 1. The third-order valence-electron chi connectivity index (χ3n) is 4.28. The highest BCUT2D eigenvalue weighted by atomic mass is 35.5. The SMILES string of the molecule is COCC(C)NC(=O)N1CCC(c2nc3cc(Cl)ccc3s2)CC1. The van der Waals surface area contributed by atoms with Gasteiger partial charge in [-0.2, -0.15) is 0 Å². The van der Waals surface area contributed by atoms with Crippen molar-refractivity contribution in [2.45, 2.75) is 31.7 Å². The molecule has 0 radical (unpaired) electrons. The molecule has 130 valence electrons. The van der Waals surface area contributed by atoms with Gasteiger partial charge < -0.3 is 15.0 Å². The van der Waals surface area contributed by atoms with Gasteiger partial charge in [-0.15, -0.1) is 11.3 Å². The van der Waals surface area contributed by atoms with Crippen LogP contribution in [-0.2, 0) is 4.74 Å². The van der Waals surface area contributed by atoms with Crippen LogP contribution < -0.4 is 5.32 Å². The number of hydrogen-bond acceptors (Lipinski definition) is 4. The van der Waals surface area contributed by atoms with Crippen molar-refractivity contribution in [2.75, 3.05) is 26.8 Å². The lowest BCUT2D eigenvalue weighted by Gasteiger charge is -2.32. The Bertz CT molecular complexity index is 713. The zero-order chi connectivity index (χ0) is 17.1. The van der Waals surface area contributed by atoms with Gasteiger partial charge in [0.05, 0.1) is 27.9 Å². The van der Waals surface area contributed by atoms with Crippen molar-refractivity contribution in [1.29, 1.82) is 0 Å². The molecule has 1 N–H and O–H groups in total. The minimum atomic E-state index is -0.00548. The van der Waals surface area contributed by atoms with E-state index >= 15 is 0 Å². The van der Waals surface area contributed by atoms with E-state index in [1.54, 1.807) is 18.4 Å². The Morgan fingerprint density at radius 1 is 1.50 bits per heavy atom. The number of aromatic nitrogens is 1. The van der Waals surface area contributed by atoms with Crippen LogP contribution in [0, 0.1) is 0 Å². The fourth-order valence-electron chi connectivity index (χ4n) is 3.02. The summed E-state index contributed by atoms with van der Waals surface area (Å²) < 4.78 is 6.22. The Kier molecular flexibility index (Phi) is 5.58. The van der Waals surface area contributed by atoms with Crippen LogP contribution in [0.1, 0.15) is 30.7 Å². The quantitative estimate of drug-likeness (QED) is 0.892. The van der Waals surface area contributed by atoms with E-state index in [0.717, 1.165) is 41.5 Å². The molecule has 0 spiro atoms. The topological polar surface area (TPSA) is 54.5 Å². The molecular weight excluding hydrogens is 346 g/mol. The summed E-state index contributed by atoms with van der Waals surface area (Å²) >= 11 is 7.77. The first kappa shape index (κ1) is 17.5. The van der Waals surface area contributed by atoms with E-state index < -0.39 is 0 Å². The number of piperidine rings is 1. The molecule has 0 saturated carbocycles.